The van der Waals surface area contributed by atoms with Gasteiger partial charge in [0.2, 0.25) is 0 Å². The maximum atomic E-state index is 12.9. The van der Waals surface area contributed by atoms with Crippen molar-refractivity contribution in [3.63, 3.8) is 0 Å². The Labute approximate surface area is 116 Å². The molecule has 0 unspecified atom stereocenters. The van der Waals surface area contributed by atoms with Crippen molar-refractivity contribution in [2.45, 2.75) is 6.18 Å². The molecule has 0 aliphatic rings. The van der Waals surface area contributed by atoms with Gasteiger partial charge in [0, 0.05) is 0 Å². The molecule has 0 saturated heterocycles. The Kier molecular flexibility index (Phi) is 3.71. The maximum absolute atomic E-state index is 12.9. The highest BCUT2D eigenvalue weighted by Gasteiger charge is 2.33. The number of nitrogens with two attached hydrogens (primary N) is 1. The molecule has 0 spiro atoms. The molecule has 8 heteroatoms. The van der Waals surface area contributed by atoms with Gasteiger partial charge in [0.1, 0.15) is 11.5 Å². The first-order chi connectivity index (χ1) is 9.27. The molecule has 0 aliphatic carbocycles. The molecule has 2 aromatic rings. The Morgan fingerprint density at radius 3 is 2.45 bits per heavy atom. The van der Waals surface area contributed by atoms with E-state index in [1.807, 2.05) is 0 Å². The fraction of sp³-hybridized carbons (Fsp3) is 0.0833. The number of halogens is 5. The van der Waals surface area contributed by atoms with Gasteiger partial charge < -0.3 is 11.1 Å². The Bertz CT molecular complexity index is 643. The third kappa shape index (κ3) is 3.11. The lowest BCUT2D eigenvalue weighted by Gasteiger charge is -2.13. The maximum Gasteiger partial charge on any atom is 0.433 e. The van der Waals surface area contributed by atoms with Crippen LogP contribution >= 0.6 is 11.6 Å². The minimum absolute atomic E-state index is 0.0124. The summed E-state index contributed by atoms with van der Waals surface area (Å²) >= 11 is 5.78. The van der Waals surface area contributed by atoms with Crippen LogP contribution in [-0.2, 0) is 6.18 Å². The van der Waals surface area contributed by atoms with Gasteiger partial charge in [-0.2, -0.15) is 13.2 Å². The summed E-state index contributed by atoms with van der Waals surface area (Å²) in [6, 6.07) is 4.21. The number of nitrogen functional groups attached to an aromatic ring is 1. The summed E-state index contributed by atoms with van der Waals surface area (Å²) < 4.78 is 50.6. The summed E-state index contributed by atoms with van der Waals surface area (Å²) in [5.41, 5.74) is 4.70. The molecule has 20 heavy (non-hydrogen) atoms. The molecule has 1 heterocycles. The average molecular weight is 306 g/mol. The number of pyridine rings is 1. The SMILES string of the molecule is Nc1cnc(C(F)(F)F)cc1Nc1ccc(F)cc1Cl. The minimum Gasteiger partial charge on any atom is -0.396 e. The number of rotatable bonds is 2. The van der Waals surface area contributed by atoms with Crippen molar-refractivity contribution in [3.05, 3.63) is 47.0 Å². The largest absolute Gasteiger partial charge is 0.433 e. The molecule has 3 nitrogen and oxygen atoms in total. The molecule has 0 amide bonds. The lowest BCUT2D eigenvalue weighted by Crippen LogP contribution is -2.09. The van der Waals surface area contributed by atoms with E-state index in [1.165, 1.54) is 6.07 Å². The zero-order valence-electron chi connectivity index (χ0n) is 9.80. The van der Waals surface area contributed by atoms with E-state index in [-0.39, 0.29) is 22.1 Å². The van der Waals surface area contributed by atoms with E-state index >= 15 is 0 Å². The Balaban J connectivity index is 2.38. The predicted molar refractivity (Wildman–Crippen MR) is 68.3 cm³/mol. The van der Waals surface area contributed by atoms with Crippen LogP contribution in [0.15, 0.2) is 30.5 Å². The predicted octanol–water partition coefficient (Wildman–Crippen LogP) is 4.22. The van der Waals surface area contributed by atoms with Crippen LogP contribution in [0.5, 0.6) is 0 Å². The molecule has 1 aromatic heterocycles. The molecule has 2 rings (SSSR count). The quantitative estimate of drug-likeness (QED) is 0.817. The molecule has 0 aliphatic heterocycles. The smallest absolute Gasteiger partial charge is 0.396 e. The van der Waals surface area contributed by atoms with E-state index in [2.05, 4.69) is 10.3 Å². The Hall–Kier alpha value is -2.02. The number of hydrogen-bond acceptors (Lipinski definition) is 3. The van der Waals surface area contributed by atoms with Gasteiger partial charge in [-0.15, -0.1) is 0 Å². The molecule has 0 bridgehead atoms. The topological polar surface area (TPSA) is 50.9 Å². The summed E-state index contributed by atoms with van der Waals surface area (Å²) in [4.78, 5) is 3.21. The van der Waals surface area contributed by atoms with Crippen LogP contribution in [0.25, 0.3) is 0 Å². The van der Waals surface area contributed by atoms with Gasteiger partial charge >= 0.3 is 6.18 Å². The van der Waals surface area contributed by atoms with Crippen LogP contribution in [0, 0.1) is 5.82 Å². The van der Waals surface area contributed by atoms with Crippen molar-refractivity contribution in [3.8, 4) is 0 Å². The van der Waals surface area contributed by atoms with Gasteiger partial charge in [0.25, 0.3) is 0 Å². The van der Waals surface area contributed by atoms with Crippen LogP contribution in [-0.4, -0.2) is 4.98 Å². The van der Waals surface area contributed by atoms with Crippen molar-refractivity contribution in [2.75, 3.05) is 11.1 Å². The Morgan fingerprint density at radius 2 is 1.85 bits per heavy atom. The average Bonchev–Trinajstić information content (AvgIpc) is 2.33. The second-order valence-corrected chi connectivity index (χ2v) is 4.31. The number of hydrogen-bond donors (Lipinski definition) is 2. The summed E-state index contributed by atoms with van der Waals surface area (Å²) in [6.07, 6.45) is -3.70. The van der Waals surface area contributed by atoms with E-state index in [0.717, 1.165) is 24.4 Å². The van der Waals surface area contributed by atoms with Crippen LogP contribution in [0.4, 0.5) is 34.6 Å². The standard InChI is InChI=1S/C12H8ClF4N3/c13-7-3-6(14)1-2-9(7)20-10-4-11(12(15,16)17)19-5-8(10)18/h1-5H,18H2,(H,19,20). The molecule has 1 aromatic carbocycles. The van der Waals surface area contributed by atoms with Gasteiger partial charge in [-0.25, -0.2) is 9.37 Å². The summed E-state index contributed by atoms with van der Waals surface area (Å²) in [6.45, 7) is 0. The summed E-state index contributed by atoms with van der Waals surface area (Å²) in [5, 5.41) is 2.64. The van der Waals surface area contributed by atoms with Crippen LogP contribution < -0.4 is 11.1 Å². The zero-order valence-corrected chi connectivity index (χ0v) is 10.6. The van der Waals surface area contributed by atoms with E-state index < -0.39 is 17.7 Å². The van der Waals surface area contributed by atoms with Crippen LogP contribution in [0.2, 0.25) is 5.02 Å². The number of nitrogens with one attached hydrogen (secondary N) is 1. The van der Waals surface area contributed by atoms with Crippen molar-refractivity contribution in [2.24, 2.45) is 0 Å². The van der Waals surface area contributed by atoms with Crippen molar-refractivity contribution in [1.82, 2.24) is 4.98 Å². The van der Waals surface area contributed by atoms with Crippen molar-refractivity contribution in [1.29, 1.82) is 0 Å². The first-order valence-electron chi connectivity index (χ1n) is 5.32. The number of nitrogens with zero attached hydrogens (tertiary/aromatic N) is 1. The van der Waals surface area contributed by atoms with Crippen molar-refractivity contribution >= 4 is 28.7 Å². The lowest BCUT2D eigenvalue weighted by molar-refractivity contribution is -0.141. The second-order valence-electron chi connectivity index (χ2n) is 3.90. The minimum atomic E-state index is -4.59. The van der Waals surface area contributed by atoms with Gasteiger partial charge in [-0.05, 0) is 24.3 Å². The highest BCUT2D eigenvalue weighted by Crippen LogP contribution is 2.33. The first-order valence-corrected chi connectivity index (χ1v) is 5.70. The lowest BCUT2D eigenvalue weighted by atomic mass is 10.2. The van der Waals surface area contributed by atoms with Gasteiger partial charge in [-0.3, -0.25) is 0 Å². The number of alkyl halides is 3. The molecule has 3 N–H and O–H groups in total. The number of benzene rings is 1. The molecule has 0 atom stereocenters. The molecular weight excluding hydrogens is 298 g/mol. The summed E-state index contributed by atoms with van der Waals surface area (Å²) in [7, 11) is 0. The molecule has 106 valence electrons. The first kappa shape index (κ1) is 14.4. The van der Waals surface area contributed by atoms with E-state index in [1.54, 1.807) is 0 Å². The van der Waals surface area contributed by atoms with Crippen molar-refractivity contribution < 1.29 is 17.6 Å². The molecular formula is C12H8ClF4N3. The fourth-order valence-corrected chi connectivity index (χ4v) is 1.68. The fourth-order valence-electron chi connectivity index (χ4n) is 1.47. The third-order valence-corrected chi connectivity index (χ3v) is 2.74. The van der Waals surface area contributed by atoms with E-state index in [4.69, 9.17) is 17.3 Å². The van der Waals surface area contributed by atoms with Gasteiger partial charge in [-0.1, -0.05) is 11.6 Å². The normalized spacial score (nSPS) is 11.4. The van der Waals surface area contributed by atoms with Gasteiger partial charge in [0.05, 0.1) is 28.3 Å². The van der Waals surface area contributed by atoms with E-state index in [9.17, 15) is 17.6 Å². The number of anilines is 3. The molecule has 0 fully saturated rings. The number of aromatic nitrogens is 1. The van der Waals surface area contributed by atoms with E-state index in [0.29, 0.717) is 0 Å². The van der Waals surface area contributed by atoms with Crippen LogP contribution in [0.3, 0.4) is 0 Å². The highest BCUT2D eigenvalue weighted by atomic mass is 35.5. The Morgan fingerprint density at radius 1 is 1.15 bits per heavy atom. The van der Waals surface area contributed by atoms with Gasteiger partial charge in [0.15, 0.2) is 0 Å². The van der Waals surface area contributed by atoms with Crippen LogP contribution in [0.1, 0.15) is 5.69 Å². The second kappa shape index (κ2) is 5.16. The monoisotopic (exact) mass is 305 g/mol. The molecule has 0 saturated carbocycles. The third-order valence-electron chi connectivity index (χ3n) is 2.43. The molecule has 0 radical (unpaired) electrons. The zero-order chi connectivity index (χ0) is 14.9. The summed E-state index contributed by atoms with van der Waals surface area (Å²) in [5.74, 6) is -0.556. The highest BCUT2D eigenvalue weighted by molar-refractivity contribution is 6.33.